The van der Waals surface area contributed by atoms with Crippen molar-refractivity contribution in [2.45, 2.75) is 6.92 Å². The van der Waals surface area contributed by atoms with E-state index >= 15 is 0 Å². The molecule has 1 aromatic heterocycles. The smallest absolute Gasteiger partial charge is 0.255 e. The van der Waals surface area contributed by atoms with Crippen LogP contribution in [0.4, 0.5) is 5.69 Å². The molecule has 0 spiro atoms. The SMILES string of the molecule is Cc1cccc(-c2nc3ccc(NC(=O)c4ccc(I)cc4)cc3o2)c1. The van der Waals surface area contributed by atoms with Crippen LogP contribution in [-0.2, 0) is 0 Å². The van der Waals surface area contributed by atoms with Gasteiger partial charge in [-0.25, -0.2) is 4.98 Å². The van der Waals surface area contributed by atoms with Gasteiger partial charge in [-0.15, -0.1) is 0 Å². The number of hydrogen-bond donors (Lipinski definition) is 1. The van der Waals surface area contributed by atoms with Gasteiger partial charge in [-0.2, -0.15) is 0 Å². The Morgan fingerprint density at radius 3 is 2.62 bits per heavy atom. The third-order valence-electron chi connectivity index (χ3n) is 4.02. The van der Waals surface area contributed by atoms with Crippen molar-refractivity contribution >= 4 is 45.3 Å². The Morgan fingerprint density at radius 1 is 1.04 bits per heavy atom. The Labute approximate surface area is 164 Å². The van der Waals surface area contributed by atoms with Gasteiger partial charge >= 0.3 is 0 Å². The van der Waals surface area contributed by atoms with Crippen LogP contribution in [0.5, 0.6) is 0 Å². The minimum Gasteiger partial charge on any atom is -0.436 e. The van der Waals surface area contributed by atoms with Crippen LogP contribution in [0.2, 0.25) is 0 Å². The molecule has 5 heteroatoms. The summed E-state index contributed by atoms with van der Waals surface area (Å²) in [6, 6.07) is 20.9. The highest BCUT2D eigenvalue weighted by Gasteiger charge is 2.11. The molecule has 1 N–H and O–H groups in total. The number of aromatic nitrogens is 1. The van der Waals surface area contributed by atoms with Gasteiger partial charge in [-0.1, -0.05) is 17.7 Å². The highest BCUT2D eigenvalue weighted by atomic mass is 127. The Bertz CT molecular complexity index is 1100. The second-order valence-corrected chi connectivity index (χ2v) is 7.28. The number of amides is 1. The molecule has 0 fully saturated rings. The Kier molecular flexibility index (Phi) is 4.46. The number of carbonyl (C=O) groups is 1. The van der Waals surface area contributed by atoms with E-state index < -0.39 is 0 Å². The van der Waals surface area contributed by atoms with E-state index in [0.29, 0.717) is 22.7 Å². The van der Waals surface area contributed by atoms with Crippen molar-refractivity contribution in [2.75, 3.05) is 5.32 Å². The molecule has 4 rings (SSSR count). The highest BCUT2D eigenvalue weighted by molar-refractivity contribution is 14.1. The fourth-order valence-corrected chi connectivity index (χ4v) is 3.07. The van der Waals surface area contributed by atoms with Crippen LogP contribution < -0.4 is 5.32 Å². The van der Waals surface area contributed by atoms with Crippen LogP contribution in [0.25, 0.3) is 22.6 Å². The monoisotopic (exact) mass is 454 g/mol. The van der Waals surface area contributed by atoms with Crippen molar-refractivity contribution in [3.8, 4) is 11.5 Å². The molecular formula is C21H15IN2O2. The van der Waals surface area contributed by atoms with Crippen molar-refractivity contribution in [2.24, 2.45) is 0 Å². The summed E-state index contributed by atoms with van der Waals surface area (Å²) in [7, 11) is 0. The number of fused-ring (bicyclic) bond motifs is 1. The number of nitrogens with zero attached hydrogens (tertiary/aromatic N) is 1. The maximum atomic E-state index is 12.4. The van der Waals surface area contributed by atoms with Crippen LogP contribution in [-0.4, -0.2) is 10.9 Å². The predicted octanol–water partition coefficient (Wildman–Crippen LogP) is 5.66. The van der Waals surface area contributed by atoms with Crippen LogP contribution >= 0.6 is 22.6 Å². The average Bonchev–Trinajstić information content (AvgIpc) is 3.05. The second kappa shape index (κ2) is 6.92. The normalized spacial score (nSPS) is 10.8. The van der Waals surface area contributed by atoms with Crippen LogP contribution in [0.15, 0.2) is 71.1 Å². The minimum atomic E-state index is -0.154. The van der Waals surface area contributed by atoms with Crippen molar-refractivity contribution in [1.82, 2.24) is 4.98 Å². The number of oxazole rings is 1. The van der Waals surface area contributed by atoms with Crippen molar-refractivity contribution < 1.29 is 9.21 Å². The van der Waals surface area contributed by atoms with E-state index in [9.17, 15) is 4.79 Å². The lowest BCUT2D eigenvalue weighted by Crippen LogP contribution is -2.11. The summed E-state index contributed by atoms with van der Waals surface area (Å²) in [6.07, 6.45) is 0. The Morgan fingerprint density at radius 2 is 1.85 bits per heavy atom. The van der Waals surface area contributed by atoms with E-state index in [-0.39, 0.29) is 5.91 Å². The number of rotatable bonds is 3. The molecule has 0 atom stereocenters. The number of nitrogens with one attached hydrogen (secondary N) is 1. The zero-order valence-corrected chi connectivity index (χ0v) is 16.2. The Balaban J connectivity index is 1.61. The predicted molar refractivity (Wildman–Crippen MR) is 111 cm³/mol. The Hall–Kier alpha value is -2.67. The van der Waals surface area contributed by atoms with Crippen molar-refractivity contribution in [3.63, 3.8) is 0 Å². The van der Waals surface area contributed by atoms with Crippen molar-refractivity contribution in [3.05, 3.63) is 81.4 Å². The van der Waals surface area contributed by atoms with E-state index in [1.165, 1.54) is 0 Å². The first-order valence-electron chi connectivity index (χ1n) is 8.13. The van der Waals surface area contributed by atoms with Crippen molar-refractivity contribution in [1.29, 1.82) is 0 Å². The van der Waals surface area contributed by atoms with E-state index in [1.54, 1.807) is 18.2 Å². The topological polar surface area (TPSA) is 55.1 Å². The number of carbonyl (C=O) groups excluding carboxylic acids is 1. The fraction of sp³-hybridized carbons (Fsp3) is 0.0476. The van der Waals surface area contributed by atoms with Gasteiger partial charge in [-0.3, -0.25) is 4.79 Å². The van der Waals surface area contributed by atoms with Gasteiger partial charge in [0.2, 0.25) is 5.89 Å². The number of anilines is 1. The van der Waals surface area contributed by atoms with Gasteiger partial charge < -0.3 is 9.73 Å². The molecule has 3 aromatic carbocycles. The van der Waals surface area contributed by atoms with Gasteiger partial charge in [0.05, 0.1) is 0 Å². The summed E-state index contributed by atoms with van der Waals surface area (Å²) in [5, 5.41) is 2.90. The average molecular weight is 454 g/mol. The third kappa shape index (κ3) is 3.48. The summed E-state index contributed by atoms with van der Waals surface area (Å²) in [6.45, 7) is 2.03. The quantitative estimate of drug-likeness (QED) is 0.407. The molecule has 0 radical (unpaired) electrons. The fourth-order valence-electron chi connectivity index (χ4n) is 2.71. The lowest BCUT2D eigenvalue weighted by atomic mass is 10.1. The number of halogens is 1. The summed E-state index contributed by atoms with van der Waals surface area (Å²) in [5.74, 6) is 0.420. The molecule has 26 heavy (non-hydrogen) atoms. The molecule has 0 bridgehead atoms. The number of hydrogen-bond acceptors (Lipinski definition) is 3. The lowest BCUT2D eigenvalue weighted by Gasteiger charge is -2.05. The van der Waals surface area contributed by atoms with Gasteiger partial charge in [0, 0.05) is 26.5 Å². The molecular weight excluding hydrogens is 439 g/mol. The van der Waals surface area contributed by atoms with Gasteiger partial charge in [0.25, 0.3) is 5.91 Å². The van der Waals surface area contributed by atoms with Gasteiger partial charge in [-0.05, 0) is 78.0 Å². The summed E-state index contributed by atoms with van der Waals surface area (Å²) in [5.41, 5.74) is 4.77. The minimum absolute atomic E-state index is 0.154. The molecule has 4 nitrogen and oxygen atoms in total. The van der Waals surface area contributed by atoms with Crippen LogP contribution in [0, 0.1) is 10.5 Å². The van der Waals surface area contributed by atoms with Crippen LogP contribution in [0.1, 0.15) is 15.9 Å². The molecule has 0 aliphatic heterocycles. The molecule has 0 aliphatic carbocycles. The highest BCUT2D eigenvalue weighted by Crippen LogP contribution is 2.27. The first-order valence-corrected chi connectivity index (χ1v) is 9.21. The molecule has 1 amide bonds. The maximum Gasteiger partial charge on any atom is 0.255 e. The molecule has 0 saturated heterocycles. The molecule has 128 valence electrons. The first kappa shape index (κ1) is 16.8. The number of benzene rings is 3. The lowest BCUT2D eigenvalue weighted by molar-refractivity contribution is 0.102. The zero-order valence-electron chi connectivity index (χ0n) is 14.0. The third-order valence-corrected chi connectivity index (χ3v) is 4.74. The first-order chi connectivity index (χ1) is 12.6. The van der Waals surface area contributed by atoms with Gasteiger partial charge in [0.15, 0.2) is 5.58 Å². The van der Waals surface area contributed by atoms with Gasteiger partial charge in [0.1, 0.15) is 5.52 Å². The zero-order chi connectivity index (χ0) is 18.1. The summed E-state index contributed by atoms with van der Waals surface area (Å²) in [4.78, 5) is 16.9. The van der Waals surface area contributed by atoms with E-state index in [4.69, 9.17) is 4.42 Å². The molecule has 0 saturated carbocycles. The van der Waals surface area contributed by atoms with E-state index in [1.807, 2.05) is 55.5 Å². The standard InChI is InChI=1S/C21H15IN2O2/c1-13-3-2-4-15(11-13)21-24-18-10-9-17(12-19(18)26-21)23-20(25)14-5-7-16(22)8-6-14/h2-12H,1H3,(H,23,25). The summed E-state index contributed by atoms with van der Waals surface area (Å²) >= 11 is 2.21. The van der Waals surface area contributed by atoms with E-state index in [2.05, 4.69) is 32.9 Å². The summed E-state index contributed by atoms with van der Waals surface area (Å²) < 4.78 is 6.98. The largest absolute Gasteiger partial charge is 0.436 e. The molecule has 1 heterocycles. The number of aryl methyl sites for hydroxylation is 1. The maximum absolute atomic E-state index is 12.4. The molecule has 0 aliphatic rings. The molecule has 4 aromatic rings. The molecule has 0 unspecified atom stereocenters. The second-order valence-electron chi connectivity index (χ2n) is 6.03. The van der Waals surface area contributed by atoms with E-state index in [0.717, 1.165) is 20.2 Å². The van der Waals surface area contributed by atoms with Crippen LogP contribution in [0.3, 0.4) is 0 Å².